The molecule has 1 saturated heterocycles. The Morgan fingerprint density at radius 2 is 1.74 bits per heavy atom. The van der Waals surface area contributed by atoms with E-state index in [-0.39, 0.29) is 11.7 Å². The molecule has 6 heteroatoms. The molecular weight excluding hydrogens is 487 g/mol. The van der Waals surface area contributed by atoms with Crippen LogP contribution in [-0.4, -0.2) is 49.6 Å². The number of anilines is 3. The van der Waals surface area contributed by atoms with E-state index in [0.29, 0.717) is 12.1 Å². The van der Waals surface area contributed by atoms with Gasteiger partial charge in [-0.1, -0.05) is 57.1 Å². The lowest BCUT2D eigenvalue weighted by Crippen LogP contribution is -2.48. The van der Waals surface area contributed by atoms with Crippen LogP contribution in [0.15, 0.2) is 36.4 Å². The van der Waals surface area contributed by atoms with Crippen molar-refractivity contribution in [3.63, 3.8) is 0 Å². The van der Waals surface area contributed by atoms with Crippen molar-refractivity contribution in [2.24, 2.45) is 0 Å². The number of benzene rings is 2. The molecule has 2 aromatic carbocycles. The highest BCUT2D eigenvalue weighted by Gasteiger charge is 2.51. The van der Waals surface area contributed by atoms with Gasteiger partial charge in [0.1, 0.15) is 11.9 Å². The van der Waals surface area contributed by atoms with Crippen molar-refractivity contribution < 1.29 is 9.18 Å². The molecule has 3 atom stereocenters. The molecule has 0 radical (unpaired) electrons. The second-order valence-corrected chi connectivity index (χ2v) is 12.5. The molecule has 1 aliphatic carbocycles. The molecule has 1 saturated carbocycles. The summed E-state index contributed by atoms with van der Waals surface area (Å²) in [6.07, 6.45) is 12.0. The summed E-state index contributed by atoms with van der Waals surface area (Å²) in [5.41, 5.74) is 4.02. The minimum atomic E-state index is -0.521. The molecule has 2 N–H and O–H groups in total. The van der Waals surface area contributed by atoms with Gasteiger partial charge in [-0.15, -0.1) is 0 Å². The zero-order valence-corrected chi connectivity index (χ0v) is 24.4. The van der Waals surface area contributed by atoms with Gasteiger partial charge in [-0.05, 0) is 83.5 Å². The number of piperidine rings is 1. The fourth-order valence-electron chi connectivity index (χ4n) is 7.50. The van der Waals surface area contributed by atoms with Gasteiger partial charge in [0.2, 0.25) is 5.91 Å². The van der Waals surface area contributed by atoms with Crippen molar-refractivity contribution in [1.82, 2.24) is 4.90 Å². The number of hydrogen-bond donors (Lipinski definition) is 2. The number of fused-ring (bicyclic) bond motifs is 2. The van der Waals surface area contributed by atoms with E-state index in [0.717, 1.165) is 86.1 Å². The van der Waals surface area contributed by atoms with Crippen molar-refractivity contribution in [1.29, 1.82) is 0 Å². The Morgan fingerprint density at radius 1 is 1.05 bits per heavy atom. The van der Waals surface area contributed by atoms with Gasteiger partial charge in [0.25, 0.3) is 0 Å². The number of aryl methyl sites for hydroxylation is 1. The Balaban J connectivity index is 1.40. The van der Waals surface area contributed by atoms with Gasteiger partial charge in [-0.2, -0.15) is 0 Å². The van der Waals surface area contributed by atoms with E-state index in [1.54, 1.807) is 6.07 Å². The lowest BCUT2D eigenvalue weighted by atomic mass is 9.68. The molecule has 2 heterocycles. The quantitative estimate of drug-likeness (QED) is 0.434. The first kappa shape index (κ1) is 27.9. The molecule has 3 aliphatic rings. The predicted molar refractivity (Wildman–Crippen MR) is 160 cm³/mol. The first-order valence-electron chi connectivity index (χ1n) is 15.2. The van der Waals surface area contributed by atoms with Crippen molar-refractivity contribution in [3.8, 4) is 0 Å². The van der Waals surface area contributed by atoms with Gasteiger partial charge in [-0.25, -0.2) is 4.39 Å². The Labute approximate surface area is 234 Å². The molecule has 1 unspecified atom stereocenters. The van der Waals surface area contributed by atoms with Gasteiger partial charge >= 0.3 is 0 Å². The molecule has 1 amide bonds. The van der Waals surface area contributed by atoms with Gasteiger partial charge in [0.05, 0.1) is 0 Å². The molecule has 2 fully saturated rings. The molecule has 5 rings (SSSR count). The highest BCUT2D eigenvalue weighted by Crippen LogP contribution is 2.51. The van der Waals surface area contributed by atoms with Crippen LogP contribution < -0.4 is 15.5 Å². The van der Waals surface area contributed by atoms with E-state index in [2.05, 4.69) is 53.6 Å². The SMILES string of the molecule is Cc1ccc(F)c2c1NC(C(=O)Nc1cccc(N3CC[C@@H](N(C)C)C[C@@H]3C)c1)C21CCCCCCCCC1. The summed E-state index contributed by atoms with van der Waals surface area (Å²) in [4.78, 5) is 18.9. The van der Waals surface area contributed by atoms with Gasteiger partial charge in [-0.3, -0.25) is 4.79 Å². The first-order valence-corrected chi connectivity index (χ1v) is 15.2. The third-order valence-electron chi connectivity index (χ3n) is 9.73. The smallest absolute Gasteiger partial charge is 0.247 e. The number of nitrogens with zero attached hydrogens (tertiary/aromatic N) is 2. The van der Waals surface area contributed by atoms with E-state index in [4.69, 9.17) is 0 Å². The van der Waals surface area contributed by atoms with E-state index in [1.807, 2.05) is 25.1 Å². The minimum Gasteiger partial charge on any atom is -0.372 e. The number of hydrogen-bond acceptors (Lipinski definition) is 4. The molecule has 0 bridgehead atoms. The fourth-order valence-corrected chi connectivity index (χ4v) is 7.50. The molecule has 2 aliphatic heterocycles. The third kappa shape index (κ3) is 5.68. The molecule has 212 valence electrons. The zero-order valence-electron chi connectivity index (χ0n) is 24.4. The average molecular weight is 535 g/mol. The van der Waals surface area contributed by atoms with Crippen molar-refractivity contribution in [2.45, 2.75) is 108 Å². The highest BCUT2D eigenvalue weighted by atomic mass is 19.1. The second-order valence-electron chi connectivity index (χ2n) is 12.5. The molecule has 39 heavy (non-hydrogen) atoms. The van der Waals surface area contributed by atoms with E-state index in [9.17, 15) is 4.79 Å². The van der Waals surface area contributed by atoms with Crippen LogP contribution in [0, 0.1) is 12.7 Å². The van der Waals surface area contributed by atoms with Crippen LogP contribution in [0.2, 0.25) is 0 Å². The normalized spacial score (nSPS) is 25.3. The number of amides is 1. The maximum absolute atomic E-state index is 15.6. The summed E-state index contributed by atoms with van der Waals surface area (Å²) in [5.74, 6) is -0.230. The van der Waals surface area contributed by atoms with Crippen LogP contribution in [0.1, 0.15) is 88.7 Å². The fraction of sp³-hybridized carbons (Fsp3) is 0.606. The second kappa shape index (κ2) is 11.9. The predicted octanol–water partition coefficient (Wildman–Crippen LogP) is 7.25. The largest absolute Gasteiger partial charge is 0.372 e. The number of carbonyl (C=O) groups excluding carboxylic acids is 1. The Kier molecular flexibility index (Phi) is 8.51. The van der Waals surface area contributed by atoms with Crippen LogP contribution >= 0.6 is 0 Å². The summed E-state index contributed by atoms with van der Waals surface area (Å²) in [7, 11) is 4.33. The van der Waals surface area contributed by atoms with E-state index in [1.165, 1.54) is 19.3 Å². The summed E-state index contributed by atoms with van der Waals surface area (Å²) in [6, 6.07) is 12.3. The molecule has 1 spiro atoms. The maximum Gasteiger partial charge on any atom is 0.247 e. The van der Waals surface area contributed by atoms with Crippen LogP contribution in [0.5, 0.6) is 0 Å². The van der Waals surface area contributed by atoms with E-state index >= 15 is 4.39 Å². The maximum atomic E-state index is 15.6. The molecule has 0 aromatic heterocycles. The van der Waals surface area contributed by atoms with Gasteiger partial charge < -0.3 is 20.4 Å². The number of rotatable bonds is 4. The standard InChI is InChI=1S/C33H47FN4O/c1-23-15-16-28(34)29-30(23)36-31(33(29)18-10-8-6-5-7-9-11-19-33)32(39)35-25-13-12-14-27(22-25)38-20-17-26(37(3)4)21-24(38)2/h12-16,22,24,26,31,36H,5-11,17-21H2,1-4H3,(H,35,39)/t24-,26+,31?/m0/s1. The van der Waals surface area contributed by atoms with Crippen LogP contribution in [0.3, 0.4) is 0 Å². The van der Waals surface area contributed by atoms with Gasteiger partial charge in [0, 0.05) is 46.7 Å². The first-order chi connectivity index (χ1) is 18.8. The van der Waals surface area contributed by atoms with Crippen LogP contribution in [0.25, 0.3) is 0 Å². The Hall–Kier alpha value is -2.60. The Bertz CT molecular complexity index is 1150. The average Bonchev–Trinajstić information content (AvgIpc) is 3.26. The number of carbonyl (C=O) groups is 1. The monoisotopic (exact) mass is 534 g/mol. The van der Waals surface area contributed by atoms with E-state index < -0.39 is 11.5 Å². The van der Waals surface area contributed by atoms with Crippen molar-refractivity contribution in [3.05, 3.63) is 53.3 Å². The Morgan fingerprint density at radius 3 is 2.41 bits per heavy atom. The van der Waals surface area contributed by atoms with Crippen LogP contribution in [-0.2, 0) is 10.2 Å². The molecule has 2 aromatic rings. The molecule has 5 nitrogen and oxygen atoms in total. The number of halogens is 1. The van der Waals surface area contributed by atoms with Crippen molar-refractivity contribution in [2.75, 3.05) is 36.2 Å². The van der Waals surface area contributed by atoms with Crippen molar-refractivity contribution >= 4 is 23.0 Å². The summed E-state index contributed by atoms with van der Waals surface area (Å²) in [5, 5.41) is 6.80. The highest BCUT2D eigenvalue weighted by molar-refractivity contribution is 6.00. The lowest BCUT2D eigenvalue weighted by molar-refractivity contribution is -0.118. The zero-order chi connectivity index (χ0) is 27.6. The lowest BCUT2D eigenvalue weighted by Gasteiger charge is -2.41. The summed E-state index contributed by atoms with van der Waals surface area (Å²) in [6.45, 7) is 5.31. The van der Waals surface area contributed by atoms with Crippen LogP contribution in [0.4, 0.5) is 21.5 Å². The minimum absolute atomic E-state index is 0.0569. The number of nitrogens with one attached hydrogen (secondary N) is 2. The topological polar surface area (TPSA) is 47.6 Å². The third-order valence-corrected chi connectivity index (χ3v) is 9.73. The van der Waals surface area contributed by atoms with Gasteiger partial charge in [0.15, 0.2) is 0 Å². The molecular formula is C33H47FN4O. The summed E-state index contributed by atoms with van der Waals surface area (Å²) >= 11 is 0. The summed E-state index contributed by atoms with van der Waals surface area (Å²) < 4.78 is 15.6.